The second-order valence-electron chi connectivity index (χ2n) is 1.13. The van der Waals surface area contributed by atoms with Crippen molar-refractivity contribution in [2.75, 3.05) is 5.75 Å². The van der Waals surface area contributed by atoms with Crippen molar-refractivity contribution >= 4 is 32.1 Å². The maximum absolute atomic E-state index is 9.76. The molecule has 0 aromatic rings. The summed E-state index contributed by atoms with van der Waals surface area (Å²) in [7, 11) is 0. The molecule has 50 valence electrons. The molecular weight excluding hydrogens is 146 g/mol. The Bertz CT molecular complexity index is 77.7. The van der Waals surface area contributed by atoms with Crippen molar-refractivity contribution in [3.63, 3.8) is 0 Å². The highest BCUT2D eigenvalue weighted by Crippen LogP contribution is 1.80. The van der Waals surface area contributed by atoms with Crippen molar-refractivity contribution in [3.05, 3.63) is 0 Å². The fourth-order valence-corrected chi connectivity index (χ4v) is 0.234. The van der Waals surface area contributed by atoms with Gasteiger partial charge in [0.05, 0.1) is 0 Å². The Morgan fingerprint density at radius 3 is 2.25 bits per heavy atom. The molecule has 0 aliphatic heterocycles. The molecule has 5 heteroatoms. The van der Waals surface area contributed by atoms with E-state index in [0.29, 0.717) is 0 Å². The van der Waals surface area contributed by atoms with Crippen LogP contribution in [-0.2, 0) is 4.79 Å². The monoisotopic (exact) mass is 155 g/mol. The van der Waals surface area contributed by atoms with E-state index in [-0.39, 0.29) is 19.2 Å². The smallest absolute Gasteiger partial charge is 0.321 e. The fourth-order valence-electron chi connectivity index (χ4n) is 0.0781. The SMILES string of the molecule is NC(CS)C(=O)O.S. The number of hydrogen-bond donors (Lipinski definition) is 3. The molecule has 3 N–H and O–H groups in total. The maximum Gasteiger partial charge on any atom is 0.321 e. The van der Waals surface area contributed by atoms with Gasteiger partial charge in [0.15, 0.2) is 0 Å². The largest absolute Gasteiger partial charge is 0.480 e. The highest BCUT2D eigenvalue weighted by molar-refractivity contribution is 7.80. The van der Waals surface area contributed by atoms with Crippen molar-refractivity contribution in [2.24, 2.45) is 5.73 Å². The summed E-state index contributed by atoms with van der Waals surface area (Å²) < 4.78 is 0. The third kappa shape index (κ3) is 4.29. The summed E-state index contributed by atoms with van der Waals surface area (Å²) in [4.78, 5) is 9.76. The Labute approximate surface area is 60.1 Å². The van der Waals surface area contributed by atoms with Gasteiger partial charge in [-0.2, -0.15) is 26.1 Å². The van der Waals surface area contributed by atoms with E-state index >= 15 is 0 Å². The molecule has 0 saturated heterocycles. The fraction of sp³-hybridized carbons (Fsp3) is 0.667. The van der Waals surface area contributed by atoms with E-state index < -0.39 is 12.0 Å². The normalized spacial score (nSPS) is 11.8. The summed E-state index contributed by atoms with van der Waals surface area (Å²) in [5, 5.41) is 8.01. The van der Waals surface area contributed by atoms with E-state index in [1.54, 1.807) is 0 Å². The molecule has 0 radical (unpaired) electrons. The molecule has 0 heterocycles. The van der Waals surface area contributed by atoms with Gasteiger partial charge < -0.3 is 10.8 Å². The van der Waals surface area contributed by atoms with Crippen LogP contribution in [0, 0.1) is 0 Å². The third-order valence-electron chi connectivity index (χ3n) is 0.514. The van der Waals surface area contributed by atoms with Gasteiger partial charge in [-0.25, -0.2) is 0 Å². The zero-order valence-corrected chi connectivity index (χ0v) is 6.06. The molecule has 0 bridgehead atoms. The van der Waals surface area contributed by atoms with Gasteiger partial charge in [0.2, 0.25) is 0 Å². The molecule has 0 saturated carbocycles. The number of thiol groups is 1. The Kier molecular flexibility index (Phi) is 7.25. The van der Waals surface area contributed by atoms with Crippen molar-refractivity contribution in [2.45, 2.75) is 6.04 Å². The first-order valence-electron chi connectivity index (χ1n) is 1.77. The number of carboxylic acid groups (broad SMARTS) is 1. The van der Waals surface area contributed by atoms with Crippen LogP contribution in [0.1, 0.15) is 0 Å². The van der Waals surface area contributed by atoms with Crippen LogP contribution in [0.5, 0.6) is 0 Å². The van der Waals surface area contributed by atoms with Gasteiger partial charge in [-0.1, -0.05) is 0 Å². The first kappa shape index (κ1) is 11.0. The molecule has 1 atom stereocenters. The van der Waals surface area contributed by atoms with Gasteiger partial charge in [-0.15, -0.1) is 0 Å². The molecule has 0 amide bonds. The second-order valence-corrected chi connectivity index (χ2v) is 1.49. The number of hydrogen-bond acceptors (Lipinski definition) is 3. The number of carboxylic acids is 1. The van der Waals surface area contributed by atoms with E-state index in [1.165, 1.54) is 0 Å². The number of aliphatic carboxylic acids is 1. The quantitative estimate of drug-likeness (QED) is 0.468. The van der Waals surface area contributed by atoms with Gasteiger partial charge in [-0.05, 0) is 0 Å². The summed E-state index contributed by atoms with van der Waals surface area (Å²) in [5.41, 5.74) is 4.94. The molecule has 0 rings (SSSR count). The van der Waals surface area contributed by atoms with Crippen LogP contribution < -0.4 is 5.73 Å². The second kappa shape index (κ2) is 5.27. The lowest BCUT2D eigenvalue weighted by Gasteiger charge is -1.96. The van der Waals surface area contributed by atoms with E-state index in [0.717, 1.165) is 0 Å². The molecule has 3 nitrogen and oxygen atoms in total. The zero-order valence-electron chi connectivity index (χ0n) is 4.16. The minimum absolute atomic E-state index is 0. The Hall–Kier alpha value is 0.130. The first-order chi connectivity index (χ1) is 3.18. The highest BCUT2D eigenvalue weighted by atomic mass is 32.1. The molecule has 0 aliphatic carbocycles. The molecule has 0 aliphatic rings. The van der Waals surface area contributed by atoms with Crippen LogP contribution in [-0.4, -0.2) is 22.9 Å². The molecule has 0 aromatic heterocycles. The van der Waals surface area contributed by atoms with Crippen LogP contribution in [0.3, 0.4) is 0 Å². The molecule has 8 heavy (non-hydrogen) atoms. The summed E-state index contributed by atoms with van der Waals surface area (Å²) in [6.45, 7) is 0. The van der Waals surface area contributed by atoms with Crippen molar-refractivity contribution < 1.29 is 9.90 Å². The van der Waals surface area contributed by atoms with E-state index in [9.17, 15) is 4.79 Å². The Morgan fingerprint density at radius 1 is 1.88 bits per heavy atom. The van der Waals surface area contributed by atoms with Gasteiger partial charge in [0, 0.05) is 5.75 Å². The van der Waals surface area contributed by atoms with Crippen molar-refractivity contribution in [3.8, 4) is 0 Å². The first-order valence-corrected chi connectivity index (χ1v) is 2.41. The maximum atomic E-state index is 9.76. The van der Waals surface area contributed by atoms with E-state index in [1.807, 2.05) is 0 Å². The predicted octanol–water partition coefficient (Wildman–Crippen LogP) is -0.559. The van der Waals surface area contributed by atoms with Gasteiger partial charge in [0.1, 0.15) is 6.04 Å². The lowest BCUT2D eigenvalue weighted by atomic mass is 10.4. The molecule has 0 fully saturated rings. The molecule has 1 unspecified atom stereocenters. The van der Waals surface area contributed by atoms with E-state index in [2.05, 4.69) is 12.6 Å². The number of carbonyl (C=O) groups is 1. The summed E-state index contributed by atoms with van der Waals surface area (Å²) in [5.74, 6) is -0.815. The summed E-state index contributed by atoms with van der Waals surface area (Å²) in [6.07, 6.45) is 0. The van der Waals surface area contributed by atoms with Crippen LogP contribution in [0.15, 0.2) is 0 Å². The molecular formula is C3H9NO2S2. The molecule has 0 aromatic carbocycles. The third-order valence-corrected chi connectivity index (χ3v) is 0.907. The lowest BCUT2D eigenvalue weighted by Crippen LogP contribution is -2.31. The van der Waals surface area contributed by atoms with Crippen LogP contribution >= 0.6 is 26.1 Å². The average Bonchev–Trinajstić information content (AvgIpc) is 1.65. The highest BCUT2D eigenvalue weighted by Gasteiger charge is 2.06. The Morgan fingerprint density at radius 2 is 2.25 bits per heavy atom. The lowest BCUT2D eigenvalue weighted by molar-refractivity contribution is -0.137. The standard InChI is InChI=1S/C3H7NO2S.H2S/c4-2(1-7)3(5)6;/h2,7H,1,4H2,(H,5,6);1H2. The Balaban J connectivity index is 0. The van der Waals surface area contributed by atoms with Gasteiger partial charge in [0.25, 0.3) is 0 Å². The number of rotatable bonds is 2. The minimum Gasteiger partial charge on any atom is -0.480 e. The van der Waals surface area contributed by atoms with Crippen LogP contribution in [0.2, 0.25) is 0 Å². The predicted molar refractivity (Wildman–Crippen MR) is 39.8 cm³/mol. The number of nitrogens with two attached hydrogens (primary N) is 1. The minimum atomic E-state index is -1.00. The van der Waals surface area contributed by atoms with Gasteiger partial charge in [-0.3, -0.25) is 4.79 Å². The summed E-state index contributed by atoms with van der Waals surface area (Å²) >= 11 is 3.65. The van der Waals surface area contributed by atoms with Crippen LogP contribution in [0.25, 0.3) is 0 Å². The van der Waals surface area contributed by atoms with Crippen molar-refractivity contribution in [1.29, 1.82) is 0 Å². The average molecular weight is 155 g/mol. The topological polar surface area (TPSA) is 63.3 Å². The van der Waals surface area contributed by atoms with Crippen LogP contribution in [0.4, 0.5) is 0 Å². The van der Waals surface area contributed by atoms with Crippen molar-refractivity contribution in [1.82, 2.24) is 0 Å². The summed E-state index contributed by atoms with van der Waals surface area (Å²) in [6, 6.07) is -0.816. The van der Waals surface area contributed by atoms with E-state index in [4.69, 9.17) is 10.8 Å². The molecule has 0 spiro atoms. The van der Waals surface area contributed by atoms with Gasteiger partial charge >= 0.3 is 5.97 Å². The zero-order chi connectivity index (χ0) is 5.86.